The maximum Gasteiger partial charge on any atom is 0.224 e. The van der Waals surface area contributed by atoms with Crippen molar-refractivity contribution in [1.82, 2.24) is 10.6 Å². The number of rotatable bonds is 4. The van der Waals surface area contributed by atoms with Crippen molar-refractivity contribution in [3.63, 3.8) is 0 Å². The largest absolute Gasteiger partial charge is 0.353 e. The van der Waals surface area contributed by atoms with Gasteiger partial charge in [-0.15, -0.1) is 0 Å². The number of piperidine rings is 1. The molecule has 1 aromatic rings. The van der Waals surface area contributed by atoms with Gasteiger partial charge >= 0.3 is 0 Å². The summed E-state index contributed by atoms with van der Waals surface area (Å²) in [7, 11) is 0. The van der Waals surface area contributed by atoms with Gasteiger partial charge in [-0.25, -0.2) is 0 Å². The quantitative estimate of drug-likeness (QED) is 0.889. The molecule has 0 aliphatic carbocycles. The van der Waals surface area contributed by atoms with Crippen LogP contribution in [0.25, 0.3) is 0 Å². The van der Waals surface area contributed by atoms with Gasteiger partial charge in [0, 0.05) is 11.1 Å². The Morgan fingerprint density at radius 3 is 2.84 bits per heavy atom. The molecule has 0 aromatic heterocycles. The number of carbonyl (C=O) groups is 1. The van der Waals surface area contributed by atoms with Crippen LogP contribution in [0, 0.1) is 5.92 Å². The fraction of sp³-hybridized carbons (Fsp3) is 0.533. The molecule has 1 heterocycles. The standard InChI is InChI=1S/C15H21ClN2O/c1-11(13-3-2-8-17-10-13)18-15(19)9-12-4-6-14(16)7-5-12/h4-7,11,13,17H,2-3,8-10H2,1H3,(H,18,19). The summed E-state index contributed by atoms with van der Waals surface area (Å²) in [5.41, 5.74) is 0.996. The van der Waals surface area contributed by atoms with Crippen molar-refractivity contribution in [3.05, 3.63) is 34.9 Å². The first-order valence-electron chi connectivity index (χ1n) is 6.89. The van der Waals surface area contributed by atoms with Gasteiger partial charge in [0.15, 0.2) is 0 Å². The molecule has 2 unspecified atom stereocenters. The lowest BCUT2D eigenvalue weighted by atomic mass is 9.92. The molecule has 1 amide bonds. The molecule has 1 fully saturated rings. The van der Waals surface area contributed by atoms with Gasteiger partial charge in [-0.1, -0.05) is 23.7 Å². The molecule has 0 spiro atoms. The molecule has 1 aliphatic rings. The van der Waals surface area contributed by atoms with E-state index in [-0.39, 0.29) is 11.9 Å². The zero-order valence-electron chi connectivity index (χ0n) is 11.3. The molecule has 2 atom stereocenters. The minimum atomic E-state index is 0.0837. The zero-order valence-corrected chi connectivity index (χ0v) is 12.0. The summed E-state index contributed by atoms with van der Waals surface area (Å²) in [6, 6.07) is 7.66. The van der Waals surface area contributed by atoms with Crippen LogP contribution in [0.15, 0.2) is 24.3 Å². The Labute approximate surface area is 119 Å². The number of halogens is 1. The van der Waals surface area contributed by atoms with E-state index < -0.39 is 0 Å². The fourth-order valence-electron chi connectivity index (χ4n) is 2.52. The number of carbonyl (C=O) groups excluding carboxylic acids is 1. The summed E-state index contributed by atoms with van der Waals surface area (Å²) in [4.78, 5) is 12.0. The Bertz CT molecular complexity index is 413. The molecule has 1 aliphatic heterocycles. The van der Waals surface area contributed by atoms with E-state index in [0.717, 1.165) is 18.7 Å². The van der Waals surface area contributed by atoms with Crippen LogP contribution in [0.3, 0.4) is 0 Å². The van der Waals surface area contributed by atoms with Crippen molar-refractivity contribution in [2.45, 2.75) is 32.2 Å². The summed E-state index contributed by atoms with van der Waals surface area (Å²) < 4.78 is 0. The molecule has 0 radical (unpaired) electrons. The predicted octanol–water partition coefficient (Wildman–Crippen LogP) is 2.39. The highest BCUT2D eigenvalue weighted by Crippen LogP contribution is 2.14. The minimum absolute atomic E-state index is 0.0837. The smallest absolute Gasteiger partial charge is 0.224 e. The third kappa shape index (κ3) is 4.51. The Morgan fingerprint density at radius 1 is 1.47 bits per heavy atom. The predicted molar refractivity (Wildman–Crippen MR) is 78.4 cm³/mol. The third-order valence-corrected chi connectivity index (χ3v) is 3.96. The molecule has 0 saturated carbocycles. The van der Waals surface area contributed by atoms with Crippen molar-refractivity contribution in [1.29, 1.82) is 0 Å². The summed E-state index contributed by atoms with van der Waals surface area (Å²) in [5.74, 6) is 0.628. The lowest BCUT2D eigenvalue weighted by molar-refractivity contribution is -0.121. The van der Waals surface area contributed by atoms with E-state index >= 15 is 0 Å². The molecule has 19 heavy (non-hydrogen) atoms. The van der Waals surface area contributed by atoms with Gasteiger partial charge in [0.1, 0.15) is 0 Å². The average Bonchev–Trinajstić information content (AvgIpc) is 2.42. The van der Waals surface area contributed by atoms with Gasteiger partial charge in [-0.05, 0) is 56.5 Å². The zero-order chi connectivity index (χ0) is 13.7. The van der Waals surface area contributed by atoms with Crippen LogP contribution < -0.4 is 10.6 Å². The van der Waals surface area contributed by atoms with Crippen molar-refractivity contribution < 1.29 is 4.79 Å². The van der Waals surface area contributed by atoms with Crippen LogP contribution in [0.1, 0.15) is 25.3 Å². The Kier molecular flexibility index (Phi) is 5.23. The van der Waals surface area contributed by atoms with Gasteiger partial charge in [0.2, 0.25) is 5.91 Å². The molecular weight excluding hydrogens is 260 g/mol. The average molecular weight is 281 g/mol. The maximum atomic E-state index is 12.0. The SMILES string of the molecule is CC(NC(=O)Cc1ccc(Cl)cc1)C1CCCNC1. The highest BCUT2D eigenvalue weighted by Gasteiger charge is 2.21. The van der Waals surface area contributed by atoms with E-state index in [1.807, 2.05) is 24.3 Å². The summed E-state index contributed by atoms with van der Waals surface area (Å²) in [6.45, 7) is 4.20. The summed E-state index contributed by atoms with van der Waals surface area (Å²) in [6.07, 6.45) is 2.80. The summed E-state index contributed by atoms with van der Waals surface area (Å²) >= 11 is 5.83. The molecule has 1 saturated heterocycles. The molecule has 1 aromatic carbocycles. The molecule has 2 N–H and O–H groups in total. The van der Waals surface area contributed by atoms with Crippen LogP contribution in [0.4, 0.5) is 0 Å². The van der Waals surface area contributed by atoms with Crippen LogP contribution in [0.2, 0.25) is 5.02 Å². The molecule has 3 nitrogen and oxygen atoms in total. The van der Waals surface area contributed by atoms with E-state index in [4.69, 9.17) is 11.6 Å². The second-order valence-corrected chi connectivity index (χ2v) is 5.70. The van der Waals surface area contributed by atoms with Crippen molar-refractivity contribution >= 4 is 17.5 Å². The highest BCUT2D eigenvalue weighted by atomic mass is 35.5. The minimum Gasteiger partial charge on any atom is -0.353 e. The van der Waals surface area contributed by atoms with E-state index in [2.05, 4.69) is 17.6 Å². The van der Waals surface area contributed by atoms with Gasteiger partial charge < -0.3 is 10.6 Å². The van der Waals surface area contributed by atoms with E-state index in [1.165, 1.54) is 12.8 Å². The number of hydrogen-bond donors (Lipinski definition) is 2. The van der Waals surface area contributed by atoms with Gasteiger partial charge in [-0.3, -0.25) is 4.79 Å². The highest BCUT2D eigenvalue weighted by molar-refractivity contribution is 6.30. The normalized spacial score (nSPS) is 20.8. The first-order chi connectivity index (χ1) is 9.15. The Morgan fingerprint density at radius 2 is 2.21 bits per heavy atom. The third-order valence-electron chi connectivity index (χ3n) is 3.71. The van der Waals surface area contributed by atoms with Crippen LogP contribution in [0.5, 0.6) is 0 Å². The van der Waals surface area contributed by atoms with Gasteiger partial charge in [-0.2, -0.15) is 0 Å². The number of amides is 1. The second-order valence-electron chi connectivity index (χ2n) is 5.27. The van der Waals surface area contributed by atoms with Crippen LogP contribution >= 0.6 is 11.6 Å². The van der Waals surface area contributed by atoms with E-state index in [9.17, 15) is 4.79 Å². The molecule has 104 valence electrons. The number of hydrogen-bond acceptors (Lipinski definition) is 2. The van der Waals surface area contributed by atoms with E-state index in [1.54, 1.807) is 0 Å². The molecule has 2 rings (SSSR count). The van der Waals surface area contributed by atoms with Crippen LogP contribution in [-0.4, -0.2) is 25.0 Å². The topological polar surface area (TPSA) is 41.1 Å². The molecule has 0 bridgehead atoms. The Balaban J connectivity index is 1.81. The number of nitrogens with one attached hydrogen (secondary N) is 2. The van der Waals surface area contributed by atoms with Gasteiger partial charge in [0.05, 0.1) is 6.42 Å². The van der Waals surface area contributed by atoms with Gasteiger partial charge in [0.25, 0.3) is 0 Å². The Hall–Kier alpha value is -1.06. The van der Waals surface area contributed by atoms with Crippen molar-refractivity contribution in [2.75, 3.05) is 13.1 Å². The first kappa shape index (κ1) is 14.4. The second kappa shape index (κ2) is 6.92. The van der Waals surface area contributed by atoms with Crippen molar-refractivity contribution in [2.24, 2.45) is 5.92 Å². The molecular formula is C15H21ClN2O. The fourth-order valence-corrected chi connectivity index (χ4v) is 2.64. The monoisotopic (exact) mass is 280 g/mol. The maximum absolute atomic E-state index is 12.0. The van der Waals surface area contributed by atoms with Crippen molar-refractivity contribution in [3.8, 4) is 0 Å². The molecule has 4 heteroatoms. The first-order valence-corrected chi connectivity index (χ1v) is 7.27. The number of benzene rings is 1. The lowest BCUT2D eigenvalue weighted by Crippen LogP contribution is -2.45. The summed E-state index contributed by atoms with van der Waals surface area (Å²) in [5, 5.41) is 7.18. The van der Waals surface area contributed by atoms with E-state index in [0.29, 0.717) is 17.4 Å². The van der Waals surface area contributed by atoms with Crippen LogP contribution in [-0.2, 0) is 11.2 Å². The lowest BCUT2D eigenvalue weighted by Gasteiger charge is -2.29.